The van der Waals surface area contributed by atoms with Gasteiger partial charge in [0, 0.05) is 24.0 Å². The Morgan fingerprint density at radius 3 is 2.55 bits per heavy atom. The molecule has 0 saturated carbocycles. The van der Waals surface area contributed by atoms with Gasteiger partial charge in [-0.2, -0.15) is 0 Å². The molecule has 156 valence electrons. The van der Waals surface area contributed by atoms with Gasteiger partial charge in [-0.15, -0.1) is 11.3 Å². The van der Waals surface area contributed by atoms with Crippen LogP contribution in [-0.4, -0.2) is 50.7 Å². The summed E-state index contributed by atoms with van der Waals surface area (Å²) in [7, 11) is 4.36. The van der Waals surface area contributed by atoms with E-state index in [4.69, 9.17) is 14.2 Å². The topological polar surface area (TPSA) is 77.1 Å². The number of anilines is 1. The Morgan fingerprint density at radius 1 is 1.17 bits per heavy atom. The van der Waals surface area contributed by atoms with Gasteiger partial charge < -0.3 is 19.5 Å². The average Bonchev–Trinajstić information content (AvgIpc) is 3.09. The third-order valence-electron chi connectivity index (χ3n) is 5.08. The molecule has 0 aliphatic carbocycles. The molecule has 0 fully saturated rings. The lowest BCUT2D eigenvalue weighted by Crippen LogP contribution is -2.35. The fraction of sp³-hybridized carbons (Fsp3) is 0.429. The number of esters is 1. The number of amides is 1. The number of para-hydroxylation sites is 1. The van der Waals surface area contributed by atoms with Crippen LogP contribution >= 0.6 is 11.3 Å². The molecule has 3 rings (SSSR count). The highest BCUT2D eigenvalue weighted by Gasteiger charge is 2.30. The summed E-state index contributed by atoms with van der Waals surface area (Å²) in [5.74, 6) is 0.00410. The van der Waals surface area contributed by atoms with E-state index in [2.05, 4.69) is 24.1 Å². The molecule has 8 heteroatoms. The SMILES string of the molecule is COC(=O)c1c(NC(=O)c2cccc(OC)c2OC)sc2c1CCN(C(C)C)C2. The number of fused-ring (bicyclic) bond motifs is 1. The van der Waals surface area contributed by atoms with Crippen molar-refractivity contribution in [1.82, 2.24) is 4.90 Å². The quantitative estimate of drug-likeness (QED) is 0.723. The minimum atomic E-state index is -0.437. The number of nitrogens with zero attached hydrogens (tertiary/aromatic N) is 1. The van der Waals surface area contributed by atoms with E-state index in [1.54, 1.807) is 18.2 Å². The van der Waals surface area contributed by atoms with Gasteiger partial charge in [0.25, 0.3) is 5.91 Å². The zero-order valence-electron chi connectivity index (χ0n) is 17.3. The average molecular weight is 419 g/mol. The molecule has 1 aliphatic rings. The maximum absolute atomic E-state index is 13.0. The molecule has 2 heterocycles. The summed E-state index contributed by atoms with van der Waals surface area (Å²) in [5, 5.41) is 3.40. The molecule has 0 atom stereocenters. The van der Waals surface area contributed by atoms with Gasteiger partial charge in [0.2, 0.25) is 0 Å². The van der Waals surface area contributed by atoms with E-state index in [1.165, 1.54) is 32.7 Å². The van der Waals surface area contributed by atoms with Crippen molar-refractivity contribution in [3.63, 3.8) is 0 Å². The largest absolute Gasteiger partial charge is 0.493 e. The number of ether oxygens (including phenoxy) is 3. The van der Waals surface area contributed by atoms with Crippen LogP contribution in [0, 0.1) is 0 Å². The van der Waals surface area contributed by atoms with Crippen molar-refractivity contribution >= 4 is 28.2 Å². The van der Waals surface area contributed by atoms with E-state index in [0.29, 0.717) is 33.7 Å². The molecule has 0 spiro atoms. The van der Waals surface area contributed by atoms with Gasteiger partial charge in [-0.05, 0) is 38.0 Å². The predicted molar refractivity (Wildman–Crippen MR) is 112 cm³/mol. The number of carbonyl (C=O) groups excluding carboxylic acids is 2. The summed E-state index contributed by atoms with van der Waals surface area (Å²) in [6, 6.07) is 5.51. The van der Waals surface area contributed by atoms with Crippen LogP contribution in [0.1, 0.15) is 45.0 Å². The molecule has 1 amide bonds. The molecule has 29 heavy (non-hydrogen) atoms. The van der Waals surface area contributed by atoms with Gasteiger partial charge in [-0.1, -0.05) is 6.07 Å². The Morgan fingerprint density at radius 2 is 1.93 bits per heavy atom. The first kappa shape index (κ1) is 21.1. The van der Waals surface area contributed by atoms with Crippen LogP contribution in [0.25, 0.3) is 0 Å². The zero-order chi connectivity index (χ0) is 21.1. The van der Waals surface area contributed by atoms with Crippen LogP contribution < -0.4 is 14.8 Å². The summed E-state index contributed by atoms with van der Waals surface area (Å²) < 4.78 is 15.6. The Bertz CT molecular complexity index is 922. The molecular formula is C21H26N2O5S. The van der Waals surface area contributed by atoms with Gasteiger partial charge in [0.05, 0.1) is 32.5 Å². The number of nitrogens with one attached hydrogen (secondary N) is 1. The van der Waals surface area contributed by atoms with E-state index in [1.807, 2.05) is 0 Å². The smallest absolute Gasteiger partial charge is 0.341 e. The van der Waals surface area contributed by atoms with Crippen molar-refractivity contribution < 1.29 is 23.8 Å². The molecular weight excluding hydrogens is 392 g/mol. The molecule has 1 N–H and O–H groups in total. The molecule has 1 aromatic carbocycles. The second-order valence-corrected chi connectivity index (χ2v) is 8.11. The highest BCUT2D eigenvalue weighted by Crippen LogP contribution is 2.39. The van der Waals surface area contributed by atoms with Crippen LogP contribution in [0.3, 0.4) is 0 Å². The highest BCUT2D eigenvalue weighted by atomic mass is 32.1. The van der Waals surface area contributed by atoms with Crippen LogP contribution in [0.15, 0.2) is 18.2 Å². The molecule has 0 bridgehead atoms. The van der Waals surface area contributed by atoms with Crippen molar-refractivity contribution in [2.75, 3.05) is 33.2 Å². The minimum Gasteiger partial charge on any atom is -0.493 e. The van der Waals surface area contributed by atoms with Gasteiger partial charge >= 0.3 is 5.97 Å². The standard InChI is InChI=1S/C21H26N2O5S/c1-12(2)23-10-9-13-16(11-23)29-20(17(13)21(25)28-5)22-19(24)14-7-6-8-15(26-3)18(14)27-4/h6-8,12H,9-11H2,1-5H3,(H,22,24). The van der Waals surface area contributed by atoms with E-state index < -0.39 is 5.97 Å². The predicted octanol–water partition coefficient (Wildman–Crippen LogP) is 3.57. The summed E-state index contributed by atoms with van der Waals surface area (Å²) in [4.78, 5) is 28.9. The lowest BCUT2D eigenvalue weighted by Gasteiger charge is -2.30. The Labute approximate surface area is 174 Å². The van der Waals surface area contributed by atoms with Crippen LogP contribution in [0.2, 0.25) is 0 Å². The number of benzene rings is 1. The molecule has 7 nitrogen and oxygen atoms in total. The van der Waals surface area contributed by atoms with Gasteiger partial charge in [0.15, 0.2) is 11.5 Å². The Hall–Kier alpha value is -2.58. The maximum Gasteiger partial charge on any atom is 0.341 e. The zero-order valence-corrected chi connectivity index (χ0v) is 18.1. The van der Waals surface area contributed by atoms with Crippen LogP contribution in [0.5, 0.6) is 11.5 Å². The van der Waals surface area contributed by atoms with Crippen molar-refractivity contribution in [3.8, 4) is 11.5 Å². The Kier molecular flexibility index (Phi) is 6.44. The molecule has 0 radical (unpaired) electrons. The van der Waals surface area contributed by atoms with Crippen molar-refractivity contribution in [2.45, 2.75) is 32.9 Å². The lowest BCUT2D eigenvalue weighted by molar-refractivity contribution is 0.0600. The van der Waals surface area contributed by atoms with E-state index >= 15 is 0 Å². The second kappa shape index (κ2) is 8.84. The normalized spacial score (nSPS) is 13.7. The fourth-order valence-corrected chi connectivity index (χ4v) is 4.76. The summed E-state index contributed by atoms with van der Waals surface area (Å²) >= 11 is 1.43. The number of carbonyl (C=O) groups is 2. The van der Waals surface area contributed by atoms with Gasteiger partial charge in [-0.25, -0.2) is 4.79 Å². The van der Waals surface area contributed by atoms with Crippen molar-refractivity contribution in [1.29, 1.82) is 0 Å². The number of methoxy groups -OCH3 is 3. The van der Waals surface area contributed by atoms with Crippen molar-refractivity contribution in [2.24, 2.45) is 0 Å². The molecule has 2 aromatic rings. The number of hydrogen-bond acceptors (Lipinski definition) is 7. The lowest BCUT2D eigenvalue weighted by atomic mass is 10.0. The van der Waals surface area contributed by atoms with Crippen LogP contribution in [0.4, 0.5) is 5.00 Å². The first-order valence-corrected chi connectivity index (χ1v) is 10.2. The summed E-state index contributed by atoms with van der Waals surface area (Å²) in [6.45, 7) is 5.91. The molecule has 0 saturated heterocycles. The van der Waals surface area contributed by atoms with Crippen LogP contribution in [-0.2, 0) is 17.7 Å². The third-order valence-corrected chi connectivity index (χ3v) is 6.21. The molecule has 1 aliphatic heterocycles. The monoisotopic (exact) mass is 418 g/mol. The first-order chi connectivity index (χ1) is 13.9. The number of thiophene rings is 1. The maximum atomic E-state index is 13.0. The van der Waals surface area contributed by atoms with Gasteiger partial charge in [-0.3, -0.25) is 9.69 Å². The Balaban J connectivity index is 1.97. The highest BCUT2D eigenvalue weighted by molar-refractivity contribution is 7.17. The number of hydrogen-bond donors (Lipinski definition) is 1. The van der Waals surface area contributed by atoms with E-state index in [0.717, 1.165) is 30.0 Å². The first-order valence-electron chi connectivity index (χ1n) is 9.40. The minimum absolute atomic E-state index is 0.331. The third kappa shape index (κ3) is 4.09. The molecule has 1 aromatic heterocycles. The van der Waals surface area contributed by atoms with Gasteiger partial charge in [0.1, 0.15) is 5.00 Å². The van der Waals surface area contributed by atoms with E-state index in [9.17, 15) is 9.59 Å². The fourth-order valence-electron chi connectivity index (χ4n) is 3.51. The molecule has 0 unspecified atom stereocenters. The van der Waals surface area contributed by atoms with E-state index in [-0.39, 0.29) is 5.91 Å². The number of rotatable bonds is 6. The van der Waals surface area contributed by atoms with Crippen molar-refractivity contribution in [3.05, 3.63) is 39.8 Å². The summed E-state index contributed by atoms with van der Waals surface area (Å²) in [6.07, 6.45) is 0.743. The summed E-state index contributed by atoms with van der Waals surface area (Å²) in [5.41, 5.74) is 1.75. The second-order valence-electron chi connectivity index (χ2n) is 7.01.